The number of amides is 1. The molecule has 0 heterocycles. The van der Waals surface area contributed by atoms with E-state index in [2.05, 4.69) is 5.32 Å². The SMILES string of the molecule is CCN(Cc1cccc(Cl)c1)C(=O)CNCCOC.Cl. The molecule has 20 heavy (non-hydrogen) atoms. The minimum atomic E-state index is 0. The number of ether oxygens (including phenoxy) is 1. The highest BCUT2D eigenvalue weighted by molar-refractivity contribution is 6.30. The van der Waals surface area contributed by atoms with Gasteiger partial charge in [0.1, 0.15) is 0 Å². The van der Waals surface area contributed by atoms with Gasteiger partial charge in [-0.3, -0.25) is 4.79 Å². The van der Waals surface area contributed by atoms with Crippen LogP contribution in [0.3, 0.4) is 0 Å². The Labute approximate surface area is 131 Å². The van der Waals surface area contributed by atoms with Crippen molar-refractivity contribution in [3.63, 3.8) is 0 Å². The monoisotopic (exact) mass is 320 g/mol. The number of nitrogens with zero attached hydrogens (tertiary/aromatic N) is 1. The highest BCUT2D eigenvalue weighted by Gasteiger charge is 2.11. The molecular formula is C14H22Cl2N2O2. The topological polar surface area (TPSA) is 41.6 Å². The number of hydrogen-bond acceptors (Lipinski definition) is 3. The molecule has 114 valence electrons. The number of halogens is 2. The van der Waals surface area contributed by atoms with Gasteiger partial charge >= 0.3 is 0 Å². The second-order valence-electron chi connectivity index (χ2n) is 4.21. The molecule has 1 rings (SSSR count). The number of rotatable bonds is 8. The van der Waals surface area contributed by atoms with Crippen LogP contribution in [0.5, 0.6) is 0 Å². The Morgan fingerprint density at radius 3 is 2.80 bits per heavy atom. The molecule has 0 unspecified atom stereocenters. The Hall–Kier alpha value is -0.810. The third-order valence-electron chi connectivity index (χ3n) is 2.76. The van der Waals surface area contributed by atoms with Crippen LogP contribution in [0.2, 0.25) is 5.02 Å². The van der Waals surface area contributed by atoms with E-state index >= 15 is 0 Å². The van der Waals surface area contributed by atoms with Crippen molar-refractivity contribution >= 4 is 29.9 Å². The lowest BCUT2D eigenvalue weighted by Gasteiger charge is -2.21. The van der Waals surface area contributed by atoms with Crippen LogP contribution >= 0.6 is 24.0 Å². The summed E-state index contributed by atoms with van der Waals surface area (Å²) >= 11 is 5.94. The molecule has 0 aliphatic carbocycles. The molecule has 1 N–H and O–H groups in total. The maximum Gasteiger partial charge on any atom is 0.236 e. The smallest absolute Gasteiger partial charge is 0.236 e. The van der Waals surface area contributed by atoms with E-state index in [9.17, 15) is 4.79 Å². The third-order valence-corrected chi connectivity index (χ3v) is 2.99. The fourth-order valence-electron chi connectivity index (χ4n) is 1.71. The predicted molar refractivity (Wildman–Crippen MR) is 84.5 cm³/mol. The first-order valence-corrected chi connectivity index (χ1v) is 6.77. The van der Waals surface area contributed by atoms with Gasteiger partial charge in [0.2, 0.25) is 5.91 Å². The van der Waals surface area contributed by atoms with Crippen molar-refractivity contribution in [2.45, 2.75) is 13.5 Å². The quantitative estimate of drug-likeness (QED) is 0.747. The lowest BCUT2D eigenvalue weighted by molar-refractivity contribution is -0.130. The largest absolute Gasteiger partial charge is 0.383 e. The van der Waals surface area contributed by atoms with Gasteiger partial charge in [-0.2, -0.15) is 0 Å². The van der Waals surface area contributed by atoms with Gasteiger partial charge in [0.25, 0.3) is 0 Å². The first kappa shape index (κ1) is 19.2. The summed E-state index contributed by atoms with van der Waals surface area (Å²) in [6.07, 6.45) is 0. The summed E-state index contributed by atoms with van der Waals surface area (Å²) < 4.78 is 4.92. The van der Waals surface area contributed by atoms with Crippen molar-refractivity contribution in [1.82, 2.24) is 10.2 Å². The maximum absolute atomic E-state index is 12.0. The maximum atomic E-state index is 12.0. The molecule has 1 amide bonds. The summed E-state index contributed by atoms with van der Waals surface area (Å²) in [6, 6.07) is 7.58. The molecule has 0 radical (unpaired) electrons. The average Bonchev–Trinajstić information content (AvgIpc) is 2.41. The van der Waals surface area contributed by atoms with Crippen molar-refractivity contribution in [1.29, 1.82) is 0 Å². The van der Waals surface area contributed by atoms with E-state index in [0.29, 0.717) is 37.8 Å². The van der Waals surface area contributed by atoms with E-state index in [1.807, 2.05) is 31.2 Å². The predicted octanol–water partition coefficient (Wildman–Crippen LogP) is 2.35. The lowest BCUT2D eigenvalue weighted by Crippen LogP contribution is -2.38. The average molecular weight is 321 g/mol. The molecule has 1 aromatic carbocycles. The molecule has 6 heteroatoms. The number of nitrogens with one attached hydrogen (secondary N) is 1. The van der Waals surface area contributed by atoms with E-state index in [1.165, 1.54) is 0 Å². The number of likely N-dealkylation sites (N-methyl/N-ethyl adjacent to an activating group) is 1. The summed E-state index contributed by atoms with van der Waals surface area (Å²) in [5, 5.41) is 3.75. The van der Waals surface area contributed by atoms with Gasteiger partial charge in [-0.05, 0) is 24.6 Å². The number of carbonyl (C=O) groups excluding carboxylic acids is 1. The van der Waals surface area contributed by atoms with Crippen molar-refractivity contribution in [3.8, 4) is 0 Å². The first-order valence-electron chi connectivity index (χ1n) is 6.39. The number of methoxy groups -OCH3 is 1. The van der Waals surface area contributed by atoms with E-state index in [1.54, 1.807) is 12.0 Å². The van der Waals surface area contributed by atoms with Crippen LogP contribution in [0, 0.1) is 0 Å². The van der Waals surface area contributed by atoms with E-state index in [0.717, 1.165) is 5.56 Å². The van der Waals surface area contributed by atoms with Gasteiger partial charge in [-0.1, -0.05) is 23.7 Å². The highest BCUT2D eigenvalue weighted by Crippen LogP contribution is 2.12. The summed E-state index contributed by atoms with van der Waals surface area (Å²) in [4.78, 5) is 13.8. The number of benzene rings is 1. The second-order valence-corrected chi connectivity index (χ2v) is 4.64. The van der Waals surface area contributed by atoms with Crippen LogP contribution in [0.4, 0.5) is 0 Å². The minimum Gasteiger partial charge on any atom is -0.383 e. The molecule has 0 fully saturated rings. The highest BCUT2D eigenvalue weighted by atomic mass is 35.5. The zero-order chi connectivity index (χ0) is 14.1. The standard InChI is InChI=1S/C14H21ClN2O2.ClH/c1-3-17(14(18)10-16-7-8-19-2)11-12-5-4-6-13(15)9-12;/h4-6,9,16H,3,7-8,10-11H2,1-2H3;1H. The number of carbonyl (C=O) groups is 1. The molecule has 4 nitrogen and oxygen atoms in total. The Kier molecular flexibility index (Phi) is 10.5. The van der Waals surface area contributed by atoms with Crippen LogP contribution in [-0.4, -0.2) is 44.2 Å². The van der Waals surface area contributed by atoms with Crippen LogP contribution in [0.1, 0.15) is 12.5 Å². The summed E-state index contributed by atoms with van der Waals surface area (Å²) in [6.45, 7) is 4.85. The van der Waals surface area contributed by atoms with Gasteiger partial charge in [-0.25, -0.2) is 0 Å². The van der Waals surface area contributed by atoms with Gasteiger partial charge in [0, 0.05) is 31.8 Å². The normalized spacial score (nSPS) is 9.95. The summed E-state index contributed by atoms with van der Waals surface area (Å²) in [5.41, 5.74) is 1.04. The van der Waals surface area contributed by atoms with Crippen molar-refractivity contribution in [2.75, 3.05) is 33.4 Å². The molecule has 0 atom stereocenters. The lowest BCUT2D eigenvalue weighted by atomic mass is 10.2. The molecule has 0 spiro atoms. The van der Waals surface area contributed by atoms with Crippen molar-refractivity contribution in [3.05, 3.63) is 34.9 Å². The molecule has 0 saturated heterocycles. The van der Waals surface area contributed by atoms with Gasteiger partial charge in [0.15, 0.2) is 0 Å². The fraction of sp³-hybridized carbons (Fsp3) is 0.500. The Bertz CT molecular complexity index is 403. The van der Waals surface area contributed by atoms with E-state index in [-0.39, 0.29) is 18.3 Å². The second kappa shape index (κ2) is 10.9. The van der Waals surface area contributed by atoms with E-state index in [4.69, 9.17) is 16.3 Å². The van der Waals surface area contributed by atoms with Crippen LogP contribution in [-0.2, 0) is 16.1 Å². The molecule has 0 aromatic heterocycles. The molecular weight excluding hydrogens is 299 g/mol. The van der Waals surface area contributed by atoms with Crippen LogP contribution < -0.4 is 5.32 Å². The van der Waals surface area contributed by atoms with Crippen LogP contribution in [0.25, 0.3) is 0 Å². The molecule has 0 bridgehead atoms. The Balaban J connectivity index is 0.00000361. The number of hydrogen-bond donors (Lipinski definition) is 1. The molecule has 0 aliphatic heterocycles. The summed E-state index contributed by atoms with van der Waals surface area (Å²) in [5.74, 6) is 0.0820. The third kappa shape index (κ3) is 7.10. The van der Waals surface area contributed by atoms with Crippen molar-refractivity contribution in [2.24, 2.45) is 0 Å². The fourth-order valence-corrected chi connectivity index (χ4v) is 1.93. The van der Waals surface area contributed by atoms with Gasteiger partial charge in [-0.15, -0.1) is 12.4 Å². The van der Waals surface area contributed by atoms with Crippen LogP contribution in [0.15, 0.2) is 24.3 Å². The Morgan fingerprint density at radius 1 is 1.45 bits per heavy atom. The van der Waals surface area contributed by atoms with Gasteiger partial charge in [0.05, 0.1) is 13.2 Å². The zero-order valence-electron chi connectivity index (χ0n) is 11.9. The molecule has 0 aliphatic rings. The molecule has 1 aromatic rings. The van der Waals surface area contributed by atoms with Gasteiger partial charge < -0.3 is 15.0 Å². The minimum absolute atomic E-state index is 0. The Morgan fingerprint density at radius 2 is 2.20 bits per heavy atom. The molecule has 0 saturated carbocycles. The van der Waals surface area contributed by atoms with Crippen molar-refractivity contribution < 1.29 is 9.53 Å². The van der Waals surface area contributed by atoms with E-state index < -0.39 is 0 Å². The summed E-state index contributed by atoms with van der Waals surface area (Å²) in [7, 11) is 1.64. The zero-order valence-corrected chi connectivity index (χ0v) is 13.5. The first-order chi connectivity index (χ1) is 9.17.